The van der Waals surface area contributed by atoms with Gasteiger partial charge in [0.1, 0.15) is 5.01 Å². The van der Waals surface area contributed by atoms with Crippen molar-refractivity contribution in [2.75, 3.05) is 0 Å². The van der Waals surface area contributed by atoms with Gasteiger partial charge in [-0.25, -0.2) is 4.98 Å². The van der Waals surface area contributed by atoms with Crippen LogP contribution in [0.15, 0.2) is 0 Å². The first-order valence-corrected chi connectivity index (χ1v) is 7.94. The van der Waals surface area contributed by atoms with Crippen molar-refractivity contribution in [2.45, 2.75) is 71.9 Å². The lowest BCUT2D eigenvalue weighted by atomic mass is 9.76. The third-order valence-electron chi connectivity index (χ3n) is 4.03. The number of rotatable bonds is 5. The van der Waals surface area contributed by atoms with Crippen molar-refractivity contribution < 1.29 is 0 Å². The Hall–Kier alpha value is -0.410. The van der Waals surface area contributed by atoms with Crippen LogP contribution in [-0.4, -0.2) is 11.0 Å². The van der Waals surface area contributed by atoms with Crippen LogP contribution >= 0.6 is 11.3 Å². The van der Waals surface area contributed by atoms with Crippen molar-refractivity contribution in [3.63, 3.8) is 0 Å². The van der Waals surface area contributed by atoms with E-state index in [-0.39, 0.29) is 5.54 Å². The third-order valence-corrected chi connectivity index (χ3v) is 5.37. The monoisotopic (exact) mass is 266 g/mol. The van der Waals surface area contributed by atoms with Gasteiger partial charge < -0.3 is 5.32 Å². The predicted octanol–water partition coefficient (Wildman–Crippen LogP) is 4.16. The molecule has 18 heavy (non-hydrogen) atoms. The molecule has 3 heteroatoms. The molecule has 2 rings (SSSR count). The van der Waals surface area contributed by atoms with Crippen LogP contribution in [0.4, 0.5) is 0 Å². The number of nitrogens with zero attached hydrogens (tertiary/aromatic N) is 1. The molecule has 1 aliphatic rings. The number of thiazole rings is 1. The summed E-state index contributed by atoms with van der Waals surface area (Å²) in [4.78, 5) is 6.16. The van der Waals surface area contributed by atoms with Crippen molar-refractivity contribution in [3.05, 3.63) is 15.6 Å². The molecule has 0 amide bonds. The van der Waals surface area contributed by atoms with Crippen LogP contribution in [0, 0.1) is 19.8 Å². The van der Waals surface area contributed by atoms with E-state index < -0.39 is 0 Å². The lowest BCUT2D eigenvalue weighted by Crippen LogP contribution is -2.45. The van der Waals surface area contributed by atoms with Gasteiger partial charge in [-0.05, 0) is 47.0 Å². The molecule has 1 aromatic heterocycles. The average Bonchev–Trinajstić information content (AvgIpc) is 2.53. The molecule has 1 fully saturated rings. The maximum absolute atomic E-state index is 4.80. The van der Waals surface area contributed by atoms with Gasteiger partial charge in [-0.1, -0.05) is 19.3 Å². The van der Waals surface area contributed by atoms with Gasteiger partial charge in [0.25, 0.3) is 0 Å². The van der Waals surface area contributed by atoms with Gasteiger partial charge in [-0.2, -0.15) is 0 Å². The number of hydrogen-bond acceptors (Lipinski definition) is 3. The predicted molar refractivity (Wildman–Crippen MR) is 79.2 cm³/mol. The van der Waals surface area contributed by atoms with E-state index in [0.717, 1.165) is 5.92 Å². The van der Waals surface area contributed by atoms with Crippen molar-refractivity contribution in [1.29, 1.82) is 0 Å². The van der Waals surface area contributed by atoms with E-state index in [1.807, 2.05) is 11.3 Å². The van der Waals surface area contributed by atoms with Crippen LogP contribution in [0.2, 0.25) is 0 Å². The summed E-state index contributed by atoms with van der Waals surface area (Å²) in [6.07, 6.45) is 5.45. The molecule has 0 saturated heterocycles. The third kappa shape index (κ3) is 2.94. The van der Waals surface area contributed by atoms with Crippen LogP contribution < -0.4 is 5.32 Å². The second-order valence-corrected chi connectivity index (χ2v) is 7.50. The van der Waals surface area contributed by atoms with E-state index in [9.17, 15) is 0 Å². The zero-order valence-corrected chi connectivity index (χ0v) is 13.2. The molecule has 0 aromatic carbocycles. The highest BCUT2D eigenvalue weighted by atomic mass is 32.1. The summed E-state index contributed by atoms with van der Waals surface area (Å²) >= 11 is 1.87. The second kappa shape index (κ2) is 5.30. The summed E-state index contributed by atoms with van der Waals surface area (Å²) in [6.45, 7) is 11.1. The molecular weight excluding hydrogens is 240 g/mol. The molecule has 1 aliphatic carbocycles. The lowest BCUT2D eigenvalue weighted by Gasteiger charge is -2.37. The van der Waals surface area contributed by atoms with Gasteiger partial charge in [0.15, 0.2) is 0 Å². The maximum Gasteiger partial charge on any atom is 0.113 e. The van der Waals surface area contributed by atoms with E-state index in [1.54, 1.807) is 0 Å². The molecule has 1 saturated carbocycles. The Kier molecular flexibility index (Phi) is 4.12. The Labute approximate surface area is 115 Å². The lowest BCUT2D eigenvalue weighted by molar-refractivity contribution is 0.194. The Bertz CT molecular complexity index is 387. The summed E-state index contributed by atoms with van der Waals surface area (Å²) in [6, 6.07) is 0.500. The van der Waals surface area contributed by atoms with Crippen molar-refractivity contribution in [2.24, 2.45) is 5.92 Å². The fourth-order valence-electron chi connectivity index (χ4n) is 2.83. The molecule has 1 atom stereocenters. The van der Waals surface area contributed by atoms with Gasteiger partial charge in [0.2, 0.25) is 0 Å². The highest BCUT2D eigenvalue weighted by Crippen LogP contribution is 2.39. The fourth-order valence-corrected chi connectivity index (χ4v) is 3.86. The SMILES string of the molecule is Cc1nc(C(C)(CC2CCC2)NC(C)C)sc1C. The van der Waals surface area contributed by atoms with Gasteiger partial charge >= 0.3 is 0 Å². The molecule has 102 valence electrons. The molecular formula is C15H26N2S. The zero-order valence-electron chi connectivity index (χ0n) is 12.3. The van der Waals surface area contributed by atoms with Crippen molar-refractivity contribution in [3.8, 4) is 0 Å². The minimum absolute atomic E-state index is 0.0585. The molecule has 0 spiro atoms. The summed E-state index contributed by atoms with van der Waals surface area (Å²) in [5.74, 6) is 0.894. The number of aryl methyl sites for hydroxylation is 2. The number of hydrogen-bond donors (Lipinski definition) is 1. The smallest absolute Gasteiger partial charge is 0.113 e. The van der Waals surface area contributed by atoms with E-state index >= 15 is 0 Å². The second-order valence-electron chi connectivity index (χ2n) is 6.29. The minimum Gasteiger partial charge on any atom is -0.303 e. The molecule has 1 N–H and O–H groups in total. The topological polar surface area (TPSA) is 24.9 Å². The van der Waals surface area contributed by atoms with E-state index in [4.69, 9.17) is 4.98 Å². The van der Waals surface area contributed by atoms with Gasteiger partial charge in [0, 0.05) is 10.9 Å². The Morgan fingerprint density at radius 3 is 2.44 bits per heavy atom. The van der Waals surface area contributed by atoms with E-state index in [2.05, 4.69) is 39.9 Å². The van der Waals surface area contributed by atoms with Crippen molar-refractivity contribution >= 4 is 11.3 Å². The standard InChI is InChI=1S/C15H26N2S/c1-10(2)17-15(5,9-13-7-6-8-13)14-16-11(3)12(4)18-14/h10,13,17H,6-9H2,1-5H3. The van der Waals surface area contributed by atoms with Crippen LogP contribution in [0.3, 0.4) is 0 Å². The summed E-state index contributed by atoms with van der Waals surface area (Å²) in [7, 11) is 0. The molecule has 0 bridgehead atoms. The normalized spacial score (nSPS) is 19.9. The Morgan fingerprint density at radius 1 is 1.39 bits per heavy atom. The summed E-state index contributed by atoms with van der Waals surface area (Å²) in [5, 5.41) is 5.04. The maximum atomic E-state index is 4.80. The Balaban J connectivity index is 2.21. The van der Waals surface area contributed by atoms with E-state index in [0.29, 0.717) is 6.04 Å². The quantitative estimate of drug-likeness (QED) is 0.865. The largest absolute Gasteiger partial charge is 0.303 e. The molecule has 1 aromatic rings. The van der Waals surface area contributed by atoms with Gasteiger partial charge in [-0.15, -0.1) is 11.3 Å². The molecule has 0 radical (unpaired) electrons. The number of nitrogens with one attached hydrogen (secondary N) is 1. The first-order chi connectivity index (χ1) is 8.40. The minimum atomic E-state index is 0.0585. The van der Waals surface area contributed by atoms with Crippen LogP contribution in [0.25, 0.3) is 0 Å². The van der Waals surface area contributed by atoms with Gasteiger partial charge in [0.05, 0.1) is 11.2 Å². The van der Waals surface area contributed by atoms with Gasteiger partial charge in [-0.3, -0.25) is 0 Å². The van der Waals surface area contributed by atoms with Crippen LogP contribution in [0.5, 0.6) is 0 Å². The fraction of sp³-hybridized carbons (Fsp3) is 0.800. The number of aromatic nitrogens is 1. The summed E-state index contributed by atoms with van der Waals surface area (Å²) < 4.78 is 0. The first kappa shape index (κ1) is 14.0. The molecule has 1 heterocycles. The Morgan fingerprint density at radius 2 is 2.06 bits per heavy atom. The van der Waals surface area contributed by atoms with Crippen LogP contribution in [-0.2, 0) is 5.54 Å². The highest BCUT2D eigenvalue weighted by Gasteiger charge is 2.35. The molecule has 1 unspecified atom stereocenters. The summed E-state index contributed by atoms with van der Waals surface area (Å²) in [5.41, 5.74) is 1.25. The molecule has 0 aliphatic heterocycles. The highest BCUT2D eigenvalue weighted by molar-refractivity contribution is 7.11. The van der Waals surface area contributed by atoms with Crippen LogP contribution in [0.1, 0.15) is 62.0 Å². The first-order valence-electron chi connectivity index (χ1n) is 7.13. The zero-order chi connectivity index (χ0) is 13.3. The molecule has 2 nitrogen and oxygen atoms in total. The average molecular weight is 266 g/mol. The van der Waals surface area contributed by atoms with Crippen molar-refractivity contribution in [1.82, 2.24) is 10.3 Å². The van der Waals surface area contributed by atoms with E-state index in [1.165, 1.54) is 41.3 Å².